The molecule has 1 aromatic rings. The average molecular weight is 257 g/mol. The minimum Gasteiger partial charge on any atom is -0.458 e. The summed E-state index contributed by atoms with van der Waals surface area (Å²) in [4.78, 5) is 11.6. The molecule has 0 aromatic heterocycles. The molecule has 0 aliphatic carbocycles. The molecule has 0 radical (unpaired) electrons. The van der Waals surface area contributed by atoms with E-state index in [2.05, 4.69) is 0 Å². The monoisotopic (exact) mass is 256 g/mol. The van der Waals surface area contributed by atoms with E-state index in [1.807, 2.05) is 12.1 Å². The van der Waals surface area contributed by atoms with Crippen molar-refractivity contribution in [2.24, 2.45) is 5.92 Å². The number of esters is 1. The molecule has 0 aliphatic rings. The van der Waals surface area contributed by atoms with E-state index in [4.69, 9.17) is 16.3 Å². The summed E-state index contributed by atoms with van der Waals surface area (Å²) >= 11 is 5.77. The van der Waals surface area contributed by atoms with E-state index in [0.29, 0.717) is 5.02 Å². The molecule has 4 heteroatoms. The summed E-state index contributed by atoms with van der Waals surface area (Å²) in [5.74, 6) is -0.924. The fourth-order valence-corrected chi connectivity index (χ4v) is 1.41. The van der Waals surface area contributed by atoms with E-state index in [1.54, 1.807) is 32.9 Å². The van der Waals surface area contributed by atoms with Crippen molar-refractivity contribution in [3.63, 3.8) is 0 Å². The van der Waals surface area contributed by atoms with Crippen LogP contribution >= 0.6 is 11.6 Å². The standard InChI is InChI=1S/C13H17ClO3/c1-8(9(2)15)13(16)17-10(3)11-4-6-12(14)7-5-11/h4-10,15H,1-3H3/t8-,9+,10-/m1/s1. The van der Waals surface area contributed by atoms with Crippen LogP contribution in [0.1, 0.15) is 32.4 Å². The van der Waals surface area contributed by atoms with Gasteiger partial charge in [0.05, 0.1) is 12.0 Å². The summed E-state index contributed by atoms with van der Waals surface area (Å²) < 4.78 is 5.26. The Kier molecular flexibility index (Phi) is 4.97. The molecule has 1 rings (SSSR count). The number of aliphatic hydroxyl groups excluding tert-OH is 1. The number of ether oxygens (including phenoxy) is 1. The normalized spacial score (nSPS) is 16.1. The van der Waals surface area contributed by atoms with Crippen LogP contribution in [0.4, 0.5) is 0 Å². The van der Waals surface area contributed by atoms with Gasteiger partial charge >= 0.3 is 5.97 Å². The van der Waals surface area contributed by atoms with Crippen molar-refractivity contribution >= 4 is 17.6 Å². The van der Waals surface area contributed by atoms with Crippen molar-refractivity contribution < 1.29 is 14.6 Å². The fourth-order valence-electron chi connectivity index (χ4n) is 1.28. The molecule has 0 heterocycles. The molecular weight excluding hydrogens is 240 g/mol. The number of carbonyl (C=O) groups excluding carboxylic acids is 1. The zero-order valence-corrected chi connectivity index (χ0v) is 10.9. The molecule has 3 nitrogen and oxygen atoms in total. The Morgan fingerprint density at radius 2 is 1.76 bits per heavy atom. The number of hydrogen-bond donors (Lipinski definition) is 1. The van der Waals surface area contributed by atoms with Crippen molar-refractivity contribution in [1.29, 1.82) is 0 Å². The van der Waals surface area contributed by atoms with Crippen LogP contribution in [0, 0.1) is 5.92 Å². The van der Waals surface area contributed by atoms with Gasteiger partial charge in [-0.1, -0.05) is 23.7 Å². The largest absolute Gasteiger partial charge is 0.458 e. The van der Waals surface area contributed by atoms with Crippen LogP contribution in [0.3, 0.4) is 0 Å². The van der Waals surface area contributed by atoms with Gasteiger partial charge in [0.2, 0.25) is 0 Å². The lowest BCUT2D eigenvalue weighted by Gasteiger charge is -2.18. The van der Waals surface area contributed by atoms with Gasteiger partial charge in [-0.15, -0.1) is 0 Å². The van der Waals surface area contributed by atoms with Crippen LogP contribution in [0.15, 0.2) is 24.3 Å². The summed E-state index contributed by atoms with van der Waals surface area (Å²) in [6, 6.07) is 7.12. The summed E-state index contributed by atoms with van der Waals surface area (Å²) in [6.45, 7) is 5.00. The zero-order valence-electron chi connectivity index (χ0n) is 10.2. The maximum absolute atomic E-state index is 11.6. The van der Waals surface area contributed by atoms with Crippen LogP contribution in [-0.2, 0) is 9.53 Å². The molecule has 1 aromatic carbocycles. The summed E-state index contributed by atoms with van der Waals surface area (Å²) in [6.07, 6.45) is -1.05. The number of rotatable bonds is 4. The maximum Gasteiger partial charge on any atom is 0.311 e. The van der Waals surface area contributed by atoms with Gasteiger partial charge in [-0.3, -0.25) is 4.79 Å². The first-order valence-corrected chi connectivity index (χ1v) is 5.93. The second-order valence-electron chi connectivity index (χ2n) is 4.16. The predicted octanol–water partition coefficient (Wildman–Crippen LogP) is 2.96. The van der Waals surface area contributed by atoms with Crippen molar-refractivity contribution in [2.75, 3.05) is 0 Å². The van der Waals surface area contributed by atoms with Gasteiger partial charge in [-0.25, -0.2) is 0 Å². The van der Waals surface area contributed by atoms with E-state index >= 15 is 0 Å². The molecule has 0 bridgehead atoms. The van der Waals surface area contributed by atoms with Crippen LogP contribution < -0.4 is 0 Å². The highest BCUT2D eigenvalue weighted by molar-refractivity contribution is 6.30. The molecule has 0 unspecified atom stereocenters. The first-order valence-electron chi connectivity index (χ1n) is 5.56. The highest BCUT2D eigenvalue weighted by atomic mass is 35.5. The molecule has 94 valence electrons. The Morgan fingerprint density at radius 1 is 1.24 bits per heavy atom. The maximum atomic E-state index is 11.6. The topological polar surface area (TPSA) is 46.5 Å². The minimum absolute atomic E-state index is 0.346. The Balaban J connectivity index is 2.63. The minimum atomic E-state index is -0.708. The molecule has 3 atom stereocenters. The fraction of sp³-hybridized carbons (Fsp3) is 0.462. The molecule has 0 amide bonds. The van der Waals surface area contributed by atoms with Crippen LogP contribution in [-0.4, -0.2) is 17.2 Å². The number of hydrogen-bond acceptors (Lipinski definition) is 3. The van der Waals surface area contributed by atoms with Gasteiger partial charge in [0, 0.05) is 5.02 Å². The molecule has 0 spiro atoms. The second-order valence-corrected chi connectivity index (χ2v) is 4.60. The first-order chi connectivity index (χ1) is 7.91. The molecule has 17 heavy (non-hydrogen) atoms. The second kappa shape index (κ2) is 6.03. The smallest absolute Gasteiger partial charge is 0.311 e. The quantitative estimate of drug-likeness (QED) is 0.843. The van der Waals surface area contributed by atoms with Crippen molar-refractivity contribution in [3.05, 3.63) is 34.9 Å². The van der Waals surface area contributed by atoms with Gasteiger partial charge in [0.25, 0.3) is 0 Å². The third kappa shape index (κ3) is 4.02. The summed E-state index contributed by atoms with van der Waals surface area (Å²) in [5, 5.41) is 9.94. The zero-order chi connectivity index (χ0) is 13.0. The molecule has 0 saturated carbocycles. The molecule has 0 aliphatic heterocycles. The average Bonchev–Trinajstić information content (AvgIpc) is 2.28. The number of aliphatic hydroxyl groups is 1. The number of carbonyl (C=O) groups is 1. The molecular formula is C13H17ClO3. The Hall–Kier alpha value is -1.06. The highest BCUT2D eigenvalue weighted by Gasteiger charge is 2.22. The van der Waals surface area contributed by atoms with Gasteiger partial charge in [-0.2, -0.15) is 0 Å². The number of halogens is 1. The van der Waals surface area contributed by atoms with Crippen molar-refractivity contribution in [3.8, 4) is 0 Å². The van der Waals surface area contributed by atoms with E-state index in [-0.39, 0.29) is 6.10 Å². The van der Waals surface area contributed by atoms with E-state index < -0.39 is 18.0 Å². The van der Waals surface area contributed by atoms with Gasteiger partial charge in [-0.05, 0) is 38.5 Å². The first kappa shape index (κ1) is 14.0. The molecule has 0 fully saturated rings. The van der Waals surface area contributed by atoms with Crippen LogP contribution in [0.2, 0.25) is 5.02 Å². The Morgan fingerprint density at radius 3 is 2.24 bits per heavy atom. The van der Waals surface area contributed by atoms with Crippen LogP contribution in [0.5, 0.6) is 0 Å². The van der Waals surface area contributed by atoms with E-state index in [0.717, 1.165) is 5.56 Å². The Labute approximate surface area is 106 Å². The molecule has 0 saturated heterocycles. The summed E-state index contributed by atoms with van der Waals surface area (Å²) in [5.41, 5.74) is 0.876. The SMILES string of the molecule is C[C@H](O)[C@@H](C)C(=O)O[C@H](C)c1ccc(Cl)cc1. The van der Waals surface area contributed by atoms with Crippen molar-refractivity contribution in [2.45, 2.75) is 33.0 Å². The van der Waals surface area contributed by atoms with E-state index in [9.17, 15) is 9.90 Å². The number of benzene rings is 1. The lowest BCUT2D eigenvalue weighted by Crippen LogP contribution is -2.25. The van der Waals surface area contributed by atoms with E-state index in [1.165, 1.54) is 0 Å². The summed E-state index contributed by atoms with van der Waals surface area (Å²) in [7, 11) is 0. The lowest BCUT2D eigenvalue weighted by atomic mass is 10.1. The lowest BCUT2D eigenvalue weighted by molar-refractivity contribution is -0.156. The third-order valence-corrected chi connectivity index (χ3v) is 2.98. The Bertz CT molecular complexity index is 373. The predicted molar refractivity (Wildman–Crippen MR) is 66.8 cm³/mol. The van der Waals surface area contributed by atoms with Gasteiger partial charge in [0.15, 0.2) is 0 Å². The highest BCUT2D eigenvalue weighted by Crippen LogP contribution is 2.21. The van der Waals surface area contributed by atoms with Gasteiger partial charge in [0.1, 0.15) is 6.10 Å². The van der Waals surface area contributed by atoms with Gasteiger partial charge < -0.3 is 9.84 Å². The van der Waals surface area contributed by atoms with Crippen LogP contribution in [0.25, 0.3) is 0 Å². The molecule has 1 N–H and O–H groups in total. The third-order valence-electron chi connectivity index (χ3n) is 2.73. The van der Waals surface area contributed by atoms with Crippen molar-refractivity contribution in [1.82, 2.24) is 0 Å².